The van der Waals surface area contributed by atoms with Crippen molar-refractivity contribution in [2.24, 2.45) is 5.92 Å². The smallest absolute Gasteiger partial charge is 0.251 e. The van der Waals surface area contributed by atoms with Crippen LogP contribution < -0.4 is 10.6 Å². The van der Waals surface area contributed by atoms with Crippen LogP contribution in [0.2, 0.25) is 0 Å². The quantitative estimate of drug-likeness (QED) is 0.857. The first-order chi connectivity index (χ1) is 10.3. The first-order valence-electron chi connectivity index (χ1n) is 8.15. The van der Waals surface area contributed by atoms with Gasteiger partial charge in [-0.3, -0.25) is 4.79 Å². The molecule has 4 heterocycles. The van der Waals surface area contributed by atoms with Crippen LogP contribution in [0.1, 0.15) is 34.3 Å². The molecule has 1 atom stereocenters. The number of amides is 1. The Bertz CT molecular complexity index is 549. The minimum absolute atomic E-state index is 0.0992. The highest BCUT2D eigenvalue weighted by Crippen LogP contribution is 2.27. The summed E-state index contributed by atoms with van der Waals surface area (Å²) in [5.41, 5.74) is 3.48. The second-order valence-electron chi connectivity index (χ2n) is 6.63. The Labute approximate surface area is 125 Å². The number of rotatable bonds is 2. The fourth-order valence-corrected chi connectivity index (χ4v) is 4.00. The van der Waals surface area contributed by atoms with E-state index in [0.29, 0.717) is 12.0 Å². The monoisotopic (exact) mass is 285 g/mol. The van der Waals surface area contributed by atoms with Gasteiger partial charge in [0.1, 0.15) is 0 Å². The first-order valence-corrected chi connectivity index (χ1v) is 8.15. The summed E-state index contributed by atoms with van der Waals surface area (Å²) in [6, 6.07) is 6.52. The molecule has 3 fully saturated rings. The molecular formula is C17H23N3O. The minimum atomic E-state index is 0.0992. The minimum Gasteiger partial charge on any atom is -0.348 e. The summed E-state index contributed by atoms with van der Waals surface area (Å²) >= 11 is 0. The van der Waals surface area contributed by atoms with Crippen molar-refractivity contribution in [2.45, 2.75) is 31.8 Å². The van der Waals surface area contributed by atoms with Crippen molar-refractivity contribution in [2.75, 3.05) is 26.2 Å². The summed E-state index contributed by atoms with van der Waals surface area (Å²) in [4.78, 5) is 15.0. The van der Waals surface area contributed by atoms with Gasteiger partial charge in [0.05, 0.1) is 0 Å². The van der Waals surface area contributed by atoms with Crippen molar-refractivity contribution in [1.29, 1.82) is 0 Å². The van der Waals surface area contributed by atoms with Crippen LogP contribution in [-0.4, -0.2) is 43.0 Å². The lowest BCUT2D eigenvalue weighted by atomic mass is 9.84. The van der Waals surface area contributed by atoms with Crippen LogP contribution in [0.3, 0.4) is 0 Å². The van der Waals surface area contributed by atoms with E-state index in [0.717, 1.165) is 31.6 Å². The summed E-state index contributed by atoms with van der Waals surface area (Å²) < 4.78 is 0. The summed E-state index contributed by atoms with van der Waals surface area (Å²) in [6.45, 7) is 5.38. The third-order valence-corrected chi connectivity index (χ3v) is 5.33. The molecule has 4 aliphatic rings. The Morgan fingerprint density at radius 3 is 2.86 bits per heavy atom. The second-order valence-corrected chi connectivity index (χ2v) is 6.63. The fourth-order valence-electron chi connectivity index (χ4n) is 4.00. The number of nitrogens with one attached hydrogen (secondary N) is 2. The lowest BCUT2D eigenvalue weighted by molar-refractivity contribution is 0.0620. The molecule has 1 aromatic carbocycles. The van der Waals surface area contributed by atoms with Gasteiger partial charge < -0.3 is 15.5 Å². The highest BCUT2D eigenvalue weighted by molar-refractivity contribution is 5.94. The number of hydrogen-bond acceptors (Lipinski definition) is 3. The van der Waals surface area contributed by atoms with Gasteiger partial charge >= 0.3 is 0 Å². The molecule has 2 N–H and O–H groups in total. The van der Waals surface area contributed by atoms with E-state index >= 15 is 0 Å². The van der Waals surface area contributed by atoms with E-state index < -0.39 is 0 Å². The average Bonchev–Trinajstić information content (AvgIpc) is 2.55. The second kappa shape index (κ2) is 5.43. The fraction of sp³-hybridized carbons (Fsp3) is 0.588. The molecule has 112 valence electrons. The van der Waals surface area contributed by atoms with Gasteiger partial charge in [0.25, 0.3) is 5.91 Å². The molecular weight excluding hydrogens is 262 g/mol. The van der Waals surface area contributed by atoms with E-state index in [1.807, 2.05) is 6.07 Å². The molecule has 0 aliphatic carbocycles. The maximum Gasteiger partial charge on any atom is 0.251 e. The number of hydrogen-bond donors (Lipinski definition) is 2. The third-order valence-electron chi connectivity index (χ3n) is 5.33. The van der Waals surface area contributed by atoms with Crippen molar-refractivity contribution in [3.63, 3.8) is 0 Å². The summed E-state index contributed by atoms with van der Waals surface area (Å²) in [6.07, 6.45) is 3.54. The Hall–Kier alpha value is -1.39. The number of piperidine rings is 3. The van der Waals surface area contributed by atoms with Crippen molar-refractivity contribution < 1.29 is 4.79 Å². The number of nitrogens with zero attached hydrogens (tertiary/aromatic N) is 1. The number of carbonyl (C=O) groups excluding carboxylic acids is 1. The maximum atomic E-state index is 12.5. The van der Waals surface area contributed by atoms with E-state index in [1.165, 1.54) is 37.1 Å². The zero-order chi connectivity index (χ0) is 14.2. The van der Waals surface area contributed by atoms with Gasteiger partial charge in [-0.1, -0.05) is 6.07 Å². The number of fused-ring (bicyclic) bond motifs is 4. The predicted molar refractivity (Wildman–Crippen MR) is 82.3 cm³/mol. The zero-order valence-electron chi connectivity index (χ0n) is 12.4. The molecule has 0 saturated carbocycles. The number of carbonyl (C=O) groups is 1. The van der Waals surface area contributed by atoms with Gasteiger partial charge in [0.15, 0.2) is 0 Å². The maximum absolute atomic E-state index is 12.5. The topological polar surface area (TPSA) is 44.4 Å². The van der Waals surface area contributed by atoms with Crippen LogP contribution in [0.5, 0.6) is 0 Å². The molecule has 21 heavy (non-hydrogen) atoms. The Morgan fingerprint density at radius 1 is 1.24 bits per heavy atom. The molecule has 1 unspecified atom stereocenters. The van der Waals surface area contributed by atoms with E-state index in [1.54, 1.807) is 0 Å². The first kappa shape index (κ1) is 13.3. The number of benzene rings is 1. The van der Waals surface area contributed by atoms with Crippen LogP contribution in [0.4, 0.5) is 0 Å². The third kappa shape index (κ3) is 2.58. The molecule has 4 aliphatic heterocycles. The molecule has 0 radical (unpaired) electrons. The average molecular weight is 285 g/mol. The Balaban J connectivity index is 1.47. The Morgan fingerprint density at radius 2 is 2.10 bits per heavy atom. The van der Waals surface area contributed by atoms with E-state index in [-0.39, 0.29) is 5.91 Å². The lowest BCUT2D eigenvalue weighted by Crippen LogP contribution is -2.57. The van der Waals surface area contributed by atoms with Crippen molar-refractivity contribution >= 4 is 5.91 Å². The lowest BCUT2D eigenvalue weighted by Gasteiger charge is -2.44. The molecule has 4 nitrogen and oxygen atoms in total. The van der Waals surface area contributed by atoms with Crippen LogP contribution in [0, 0.1) is 5.92 Å². The van der Waals surface area contributed by atoms with Gasteiger partial charge in [0, 0.05) is 24.7 Å². The van der Waals surface area contributed by atoms with Crippen molar-refractivity contribution in [3.05, 3.63) is 34.9 Å². The highest BCUT2D eigenvalue weighted by Gasteiger charge is 2.34. The van der Waals surface area contributed by atoms with Crippen LogP contribution in [0.15, 0.2) is 18.2 Å². The van der Waals surface area contributed by atoms with E-state index in [2.05, 4.69) is 27.7 Å². The molecule has 1 amide bonds. The van der Waals surface area contributed by atoms with Gasteiger partial charge in [-0.2, -0.15) is 0 Å². The highest BCUT2D eigenvalue weighted by atomic mass is 16.1. The van der Waals surface area contributed by atoms with Crippen LogP contribution in [0.25, 0.3) is 0 Å². The summed E-state index contributed by atoms with van der Waals surface area (Å²) in [7, 11) is 0. The summed E-state index contributed by atoms with van der Waals surface area (Å²) in [5.74, 6) is 0.778. The largest absolute Gasteiger partial charge is 0.348 e. The predicted octanol–water partition coefficient (Wildman–Crippen LogP) is 1.16. The van der Waals surface area contributed by atoms with E-state index in [4.69, 9.17) is 0 Å². The van der Waals surface area contributed by atoms with Gasteiger partial charge in [-0.15, -0.1) is 0 Å². The zero-order valence-corrected chi connectivity index (χ0v) is 12.4. The molecule has 0 spiro atoms. The van der Waals surface area contributed by atoms with Crippen molar-refractivity contribution in [3.8, 4) is 0 Å². The molecule has 2 bridgehead atoms. The van der Waals surface area contributed by atoms with Crippen LogP contribution in [-0.2, 0) is 13.0 Å². The Kier molecular flexibility index (Phi) is 3.43. The standard InChI is InChI=1S/C17H23N3O/c21-17(19-16-11-20-7-4-13(16)5-8-20)14-2-1-12-3-6-18-10-15(12)9-14/h1-2,9,13,16,18H,3-8,10-11H2,(H,19,21). The molecule has 1 aromatic rings. The van der Waals surface area contributed by atoms with Crippen molar-refractivity contribution in [1.82, 2.24) is 15.5 Å². The molecule has 3 saturated heterocycles. The normalized spacial score (nSPS) is 30.8. The van der Waals surface area contributed by atoms with Gasteiger partial charge in [-0.05, 0) is 68.1 Å². The van der Waals surface area contributed by atoms with E-state index in [9.17, 15) is 4.79 Å². The molecule has 5 rings (SSSR count). The SMILES string of the molecule is O=C(NC1CN2CCC1CC2)c1ccc2c(c1)CNCC2. The summed E-state index contributed by atoms with van der Waals surface area (Å²) in [5, 5.41) is 6.64. The van der Waals surface area contributed by atoms with Gasteiger partial charge in [-0.25, -0.2) is 0 Å². The molecule has 0 aromatic heterocycles. The molecule has 4 heteroatoms. The van der Waals surface area contributed by atoms with Gasteiger partial charge in [0.2, 0.25) is 0 Å². The van der Waals surface area contributed by atoms with Crippen LogP contribution >= 0.6 is 0 Å².